The predicted molar refractivity (Wildman–Crippen MR) is 165 cm³/mol. The van der Waals surface area contributed by atoms with E-state index in [0.717, 1.165) is 53.7 Å². The van der Waals surface area contributed by atoms with E-state index in [1.54, 1.807) is 11.1 Å². The molecular formula is C32H41ClN4O5. The smallest absolute Gasteiger partial charge is 0.410 e. The molecule has 1 saturated heterocycles. The summed E-state index contributed by atoms with van der Waals surface area (Å²) < 4.78 is 7.92. The summed E-state index contributed by atoms with van der Waals surface area (Å²) >= 11 is 6.32. The molecule has 0 N–H and O–H groups in total. The van der Waals surface area contributed by atoms with Crippen molar-refractivity contribution in [1.82, 2.24) is 14.5 Å². The number of hydrogen-bond donors (Lipinski definition) is 0. The zero-order valence-electron chi connectivity index (χ0n) is 25.0. The van der Waals surface area contributed by atoms with Gasteiger partial charge in [0.25, 0.3) is 0 Å². The van der Waals surface area contributed by atoms with Gasteiger partial charge in [0, 0.05) is 47.5 Å². The fourth-order valence-corrected chi connectivity index (χ4v) is 6.08. The average Bonchev–Trinajstić information content (AvgIpc) is 3.42. The number of ether oxygens (including phenoxy) is 1. The number of anilines is 1. The molecule has 0 radical (unpaired) electrons. The van der Waals surface area contributed by atoms with Crippen LogP contribution < -0.4 is 4.90 Å². The molecule has 2 aromatic heterocycles. The van der Waals surface area contributed by atoms with Crippen molar-refractivity contribution in [3.63, 3.8) is 0 Å². The Hall–Kier alpha value is -3.72. The first-order valence-electron chi connectivity index (χ1n) is 14.2. The number of aromatic nitrogens is 2. The number of rotatable bonds is 6. The molecule has 42 heavy (non-hydrogen) atoms. The zero-order chi connectivity index (χ0) is 31.1. The van der Waals surface area contributed by atoms with Crippen molar-refractivity contribution in [2.45, 2.75) is 83.9 Å². The van der Waals surface area contributed by atoms with Crippen molar-refractivity contribution in [2.75, 3.05) is 18.0 Å². The summed E-state index contributed by atoms with van der Waals surface area (Å²) in [7, 11) is 0. The summed E-state index contributed by atoms with van der Waals surface area (Å²) in [6, 6.07) is 10.1. The van der Waals surface area contributed by atoms with Gasteiger partial charge in [0.2, 0.25) is 5.91 Å². The van der Waals surface area contributed by atoms with E-state index in [0.29, 0.717) is 37.5 Å². The molecule has 3 aromatic rings. The van der Waals surface area contributed by atoms with Crippen molar-refractivity contribution in [1.29, 1.82) is 0 Å². The summed E-state index contributed by atoms with van der Waals surface area (Å²) in [6.45, 7) is 14.1. The van der Waals surface area contributed by atoms with Crippen LogP contribution in [0.4, 0.5) is 10.5 Å². The molecule has 1 spiro atoms. The molecule has 0 unspecified atom stereocenters. The Balaban J connectivity index is 0.00000116. The number of piperidine rings is 1. The highest BCUT2D eigenvalue weighted by Crippen LogP contribution is 2.48. The minimum Gasteiger partial charge on any atom is -0.444 e. The monoisotopic (exact) mass is 596 g/mol. The molecule has 1 aromatic carbocycles. The van der Waals surface area contributed by atoms with Gasteiger partial charge in [-0.15, -0.1) is 0 Å². The Labute approximate surface area is 252 Å². The van der Waals surface area contributed by atoms with E-state index < -0.39 is 11.0 Å². The van der Waals surface area contributed by atoms with Crippen molar-refractivity contribution in [3.8, 4) is 0 Å². The third-order valence-electron chi connectivity index (χ3n) is 7.78. The molecule has 9 nitrogen and oxygen atoms in total. The summed E-state index contributed by atoms with van der Waals surface area (Å²) in [5.41, 5.74) is 2.90. The quantitative estimate of drug-likeness (QED) is 0.308. The first kappa shape index (κ1) is 32.8. The van der Waals surface area contributed by atoms with E-state index >= 15 is 0 Å². The van der Waals surface area contributed by atoms with Crippen LogP contribution in [0.15, 0.2) is 42.7 Å². The summed E-state index contributed by atoms with van der Waals surface area (Å²) in [5.74, 6) is 0.0905. The molecule has 1 fully saturated rings. The SMILES string of the molecule is C=O.C=O.CCCCCn1c(CN2C(=O)C3(CCN(C(=O)OC(C)(C)C)CC3)c3ccncc32)cc2cc(Cl)ccc21. The van der Waals surface area contributed by atoms with Gasteiger partial charge in [-0.1, -0.05) is 31.4 Å². The number of likely N-dealkylation sites (tertiary alicyclic amines) is 1. The fourth-order valence-electron chi connectivity index (χ4n) is 5.90. The fraction of sp³-hybridized carbons (Fsp3) is 0.469. The number of halogens is 1. The highest BCUT2D eigenvalue weighted by molar-refractivity contribution is 6.31. The Morgan fingerprint density at radius 3 is 2.40 bits per heavy atom. The van der Waals surface area contributed by atoms with Gasteiger partial charge in [-0.3, -0.25) is 9.78 Å². The molecule has 2 amide bonds. The van der Waals surface area contributed by atoms with Gasteiger partial charge in [-0.05, 0) is 75.9 Å². The van der Waals surface area contributed by atoms with Gasteiger partial charge in [0.15, 0.2) is 0 Å². The average molecular weight is 597 g/mol. The van der Waals surface area contributed by atoms with Crippen molar-refractivity contribution in [3.05, 3.63) is 59.0 Å². The number of unbranched alkanes of at least 4 members (excludes halogenated alkanes) is 2. The Morgan fingerprint density at radius 2 is 1.76 bits per heavy atom. The van der Waals surface area contributed by atoms with E-state index in [9.17, 15) is 9.59 Å². The molecule has 226 valence electrons. The van der Waals surface area contributed by atoms with E-state index in [2.05, 4.69) is 28.6 Å². The second-order valence-corrected chi connectivity index (χ2v) is 12.0. The normalized spacial score (nSPS) is 15.5. The second kappa shape index (κ2) is 14.0. The standard InChI is InChI=1S/C30H37ClN4O3.2CH2O/c1-5-6-7-14-34-23(18-21-17-22(31)8-9-25(21)34)20-35-26-19-32-13-10-24(26)30(27(35)36)11-15-33(16-12-30)28(37)38-29(2,3)4;2*1-2/h8-10,13,17-19H,5-7,11-12,14-16,20H2,1-4H3;2*1H2. The summed E-state index contributed by atoms with van der Waals surface area (Å²) in [4.78, 5) is 50.9. The minimum absolute atomic E-state index is 0.0905. The van der Waals surface area contributed by atoms with Gasteiger partial charge in [-0.2, -0.15) is 0 Å². The highest BCUT2D eigenvalue weighted by Gasteiger charge is 2.53. The van der Waals surface area contributed by atoms with Crippen LogP contribution in [0.3, 0.4) is 0 Å². The van der Waals surface area contributed by atoms with E-state index in [1.165, 1.54) is 0 Å². The summed E-state index contributed by atoms with van der Waals surface area (Å²) in [6.07, 6.45) is 7.75. The first-order valence-corrected chi connectivity index (χ1v) is 14.6. The maximum absolute atomic E-state index is 14.2. The van der Waals surface area contributed by atoms with Gasteiger partial charge in [0.1, 0.15) is 19.2 Å². The number of fused-ring (bicyclic) bond motifs is 3. The number of carbonyl (C=O) groups is 4. The van der Waals surface area contributed by atoms with Crippen LogP contribution in [0.25, 0.3) is 10.9 Å². The van der Waals surface area contributed by atoms with Crippen molar-refractivity contribution in [2.24, 2.45) is 0 Å². The molecule has 2 aliphatic heterocycles. The number of hydrogen-bond acceptors (Lipinski definition) is 6. The van der Waals surface area contributed by atoms with E-state index in [1.807, 2.05) is 63.6 Å². The van der Waals surface area contributed by atoms with Crippen LogP contribution in [-0.4, -0.2) is 58.7 Å². The molecule has 5 rings (SSSR count). The molecule has 0 bridgehead atoms. The van der Waals surface area contributed by atoms with Crippen LogP contribution in [0.5, 0.6) is 0 Å². The van der Waals surface area contributed by atoms with Crippen LogP contribution in [0, 0.1) is 0 Å². The predicted octanol–water partition coefficient (Wildman–Crippen LogP) is 6.33. The lowest BCUT2D eigenvalue weighted by Crippen LogP contribution is -2.50. The van der Waals surface area contributed by atoms with Crippen LogP contribution in [0.1, 0.15) is 71.1 Å². The Morgan fingerprint density at radius 1 is 1.07 bits per heavy atom. The largest absolute Gasteiger partial charge is 0.444 e. The molecular weight excluding hydrogens is 556 g/mol. The van der Waals surface area contributed by atoms with Crippen LogP contribution in [0.2, 0.25) is 5.02 Å². The number of nitrogens with zero attached hydrogens (tertiary/aromatic N) is 4. The lowest BCUT2D eigenvalue weighted by Gasteiger charge is -2.38. The van der Waals surface area contributed by atoms with Gasteiger partial charge in [0.05, 0.1) is 23.8 Å². The Bertz CT molecular complexity index is 1390. The molecule has 0 saturated carbocycles. The third-order valence-corrected chi connectivity index (χ3v) is 8.02. The van der Waals surface area contributed by atoms with Gasteiger partial charge < -0.3 is 28.7 Å². The van der Waals surface area contributed by atoms with E-state index in [4.69, 9.17) is 25.9 Å². The topological polar surface area (TPSA) is 102 Å². The third kappa shape index (κ3) is 6.67. The zero-order valence-corrected chi connectivity index (χ0v) is 25.8. The molecule has 0 atom stereocenters. The molecule has 4 heterocycles. The first-order chi connectivity index (χ1) is 20.1. The highest BCUT2D eigenvalue weighted by atomic mass is 35.5. The Kier molecular flexibility index (Phi) is 10.9. The summed E-state index contributed by atoms with van der Waals surface area (Å²) in [5, 5.41) is 1.79. The lowest BCUT2D eigenvalue weighted by molar-refractivity contribution is -0.125. The lowest BCUT2D eigenvalue weighted by atomic mass is 9.74. The number of pyridine rings is 1. The maximum atomic E-state index is 14.2. The maximum Gasteiger partial charge on any atom is 0.410 e. The molecule has 10 heteroatoms. The number of amides is 2. The minimum atomic E-state index is -0.654. The molecule has 0 aliphatic carbocycles. The number of carbonyl (C=O) groups excluding carboxylic acids is 4. The van der Waals surface area contributed by atoms with Crippen molar-refractivity contribution < 1.29 is 23.9 Å². The van der Waals surface area contributed by atoms with Gasteiger partial charge in [-0.25, -0.2) is 4.79 Å². The van der Waals surface area contributed by atoms with E-state index in [-0.39, 0.29) is 12.0 Å². The number of aryl methyl sites for hydroxylation is 1. The van der Waals surface area contributed by atoms with Crippen LogP contribution >= 0.6 is 11.6 Å². The molecule has 2 aliphatic rings. The van der Waals surface area contributed by atoms with Gasteiger partial charge >= 0.3 is 6.09 Å². The number of benzene rings is 1. The van der Waals surface area contributed by atoms with Crippen molar-refractivity contribution >= 4 is 53.8 Å². The second-order valence-electron chi connectivity index (χ2n) is 11.5. The van der Waals surface area contributed by atoms with Crippen LogP contribution in [-0.2, 0) is 37.6 Å².